The smallest absolute Gasteiger partial charge is 0.308 e. The molecular formula is C12H13ClF4O2. The molecular weight excluding hydrogens is 288 g/mol. The van der Waals surface area contributed by atoms with Gasteiger partial charge in [-0.3, -0.25) is 0 Å². The van der Waals surface area contributed by atoms with Crippen LogP contribution in [0, 0.1) is 11.6 Å². The zero-order valence-corrected chi connectivity index (χ0v) is 11.0. The fourth-order valence-electron chi connectivity index (χ4n) is 1.66. The van der Waals surface area contributed by atoms with Crippen molar-refractivity contribution in [1.29, 1.82) is 0 Å². The molecule has 1 rings (SSSR count). The van der Waals surface area contributed by atoms with Gasteiger partial charge in [-0.25, -0.2) is 8.78 Å². The molecule has 2 N–H and O–H groups in total. The van der Waals surface area contributed by atoms with E-state index in [9.17, 15) is 27.8 Å². The molecule has 0 bridgehead atoms. The molecule has 1 aromatic rings. The van der Waals surface area contributed by atoms with Crippen LogP contribution in [0.5, 0.6) is 0 Å². The Balaban J connectivity index is 3.47. The summed E-state index contributed by atoms with van der Waals surface area (Å²) in [5.74, 6) is -7.58. The van der Waals surface area contributed by atoms with Crippen LogP contribution in [0.1, 0.15) is 19.4 Å². The van der Waals surface area contributed by atoms with E-state index in [1.165, 1.54) is 0 Å². The molecule has 0 saturated carbocycles. The van der Waals surface area contributed by atoms with Gasteiger partial charge in [0, 0.05) is 11.6 Å². The Morgan fingerprint density at radius 2 is 1.68 bits per heavy atom. The fraction of sp³-hybridized carbons (Fsp3) is 0.500. The van der Waals surface area contributed by atoms with Gasteiger partial charge in [0.15, 0.2) is 5.60 Å². The molecule has 0 spiro atoms. The fourth-order valence-corrected chi connectivity index (χ4v) is 1.97. The van der Waals surface area contributed by atoms with Gasteiger partial charge in [0.05, 0.1) is 5.88 Å². The van der Waals surface area contributed by atoms with Crippen molar-refractivity contribution in [3.63, 3.8) is 0 Å². The normalized spacial score (nSPS) is 16.3. The second kappa shape index (κ2) is 4.92. The largest absolute Gasteiger partial charge is 0.384 e. The number of hydrogen-bond donors (Lipinski definition) is 2. The summed E-state index contributed by atoms with van der Waals surface area (Å²) in [5.41, 5.74) is -6.70. The standard InChI is InChI=1S/C12H13ClF4O2/c1-10(2,18)12(16,17)11(19,6-13)8-4-3-7(14)5-9(8)15/h3-5,18-19H,6H2,1-2H3. The van der Waals surface area contributed by atoms with Gasteiger partial charge in [-0.1, -0.05) is 6.07 Å². The molecule has 0 heterocycles. The highest BCUT2D eigenvalue weighted by atomic mass is 35.5. The molecule has 108 valence electrons. The number of benzene rings is 1. The van der Waals surface area contributed by atoms with Gasteiger partial charge in [-0.05, 0) is 19.9 Å². The quantitative estimate of drug-likeness (QED) is 0.663. The molecule has 0 aliphatic rings. The molecule has 2 nitrogen and oxygen atoms in total. The molecule has 0 aliphatic carbocycles. The lowest BCUT2D eigenvalue weighted by Gasteiger charge is -2.41. The first-order valence-electron chi connectivity index (χ1n) is 5.31. The zero-order chi connectivity index (χ0) is 15.1. The average Bonchev–Trinajstić information content (AvgIpc) is 2.26. The van der Waals surface area contributed by atoms with E-state index in [0.29, 0.717) is 12.1 Å². The maximum Gasteiger partial charge on any atom is 0.308 e. The summed E-state index contributed by atoms with van der Waals surface area (Å²) in [7, 11) is 0. The van der Waals surface area contributed by atoms with Gasteiger partial charge in [-0.2, -0.15) is 8.78 Å². The highest BCUT2D eigenvalue weighted by Gasteiger charge is 2.62. The highest BCUT2D eigenvalue weighted by molar-refractivity contribution is 6.18. The molecule has 0 aromatic heterocycles. The Hall–Kier alpha value is -0.850. The van der Waals surface area contributed by atoms with Crippen LogP contribution in [0.3, 0.4) is 0 Å². The molecule has 19 heavy (non-hydrogen) atoms. The minimum absolute atomic E-state index is 0.354. The minimum Gasteiger partial charge on any atom is -0.384 e. The van der Waals surface area contributed by atoms with E-state index < -0.39 is 40.2 Å². The first-order valence-corrected chi connectivity index (χ1v) is 5.85. The van der Waals surface area contributed by atoms with Crippen LogP contribution in [0.25, 0.3) is 0 Å². The van der Waals surface area contributed by atoms with Crippen molar-refractivity contribution in [3.05, 3.63) is 35.4 Å². The molecule has 7 heteroatoms. The molecule has 0 amide bonds. The lowest BCUT2D eigenvalue weighted by molar-refractivity contribution is -0.261. The predicted molar refractivity (Wildman–Crippen MR) is 62.2 cm³/mol. The molecule has 1 atom stereocenters. The van der Waals surface area contributed by atoms with E-state index in [2.05, 4.69) is 0 Å². The SMILES string of the molecule is CC(C)(O)C(F)(F)C(O)(CCl)c1ccc(F)cc1F. The minimum atomic E-state index is -4.15. The third kappa shape index (κ3) is 2.57. The molecule has 1 unspecified atom stereocenters. The number of rotatable bonds is 4. The van der Waals surface area contributed by atoms with E-state index >= 15 is 0 Å². The first kappa shape index (κ1) is 16.2. The van der Waals surface area contributed by atoms with E-state index in [4.69, 9.17) is 11.6 Å². The van der Waals surface area contributed by atoms with E-state index in [1.54, 1.807) is 0 Å². The van der Waals surface area contributed by atoms with Crippen LogP contribution in [-0.4, -0.2) is 27.6 Å². The summed E-state index contributed by atoms with van der Waals surface area (Å²) in [5, 5.41) is 19.5. The first-order chi connectivity index (χ1) is 8.47. The maximum atomic E-state index is 14.1. The lowest BCUT2D eigenvalue weighted by atomic mass is 9.80. The van der Waals surface area contributed by atoms with Gasteiger partial charge in [0.2, 0.25) is 0 Å². The van der Waals surface area contributed by atoms with E-state index in [0.717, 1.165) is 19.9 Å². The van der Waals surface area contributed by atoms with Crippen LogP contribution in [0.4, 0.5) is 17.6 Å². The number of alkyl halides is 3. The van der Waals surface area contributed by atoms with Crippen molar-refractivity contribution in [3.8, 4) is 0 Å². The van der Waals surface area contributed by atoms with E-state index in [1.807, 2.05) is 0 Å². The number of aliphatic hydroxyl groups is 2. The lowest BCUT2D eigenvalue weighted by Crippen LogP contribution is -2.59. The van der Waals surface area contributed by atoms with Gasteiger partial charge < -0.3 is 10.2 Å². The van der Waals surface area contributed by atoms with Gasteiger partial charge in [-0.15, -0.1) is 11.6 Å². The van der Waals surface area contributed by atoms with Crippen molar-refractivity contribution < 1.29 is 27.8 Å². The average molecular weight is 301 g/mol. The Labute approximate surface area is 112 Å². The summed E-state index contributed by atoms with van der Waals surface area (Å²) >= 11 is 5.34. The van der Waals surface area contributed by atoms with Crippen molar-refractivity contribution in [2.45, 2.75) is 31.0 Å². The molecule has 1 aromatic carbocycles. The van der Waals surface area contributed by atoms with Crippen LogP contribution in [0.15, 0.2) is 18.2 Å². The highest BCUT2D eigenvalue weighted by Crippen LogP contribution is 2.46. The van der Waals surface area contributed by atoms with Crippen LogP contribution >= 0.6 is 11.6 Å². The molecule has 0 fully saturated rings. The summed E-state index contributed by atoms with van der Waals surface area (Å²) in [6.45, 7) is 1.51. The Morgan fingerprint density at radius 1 is 1.16 bits per heavy atom. The second-order valence-corrected chi connectivity index (χ2v) is 5.02. The van der Waals surface area contributed by atoms with Crippen molar-refractivity contribution in [2.75, 3.05) is 5.88 Å². The van der Waals surface area contributed by atoms with Crippen molar-refractivity contribution >= 4 is 11.6 Å². The Bertz CT molecular complexity index is 473. The van der Waals surface area contributed by atoms with Crippen LogP contribution in [-0.2, 0) is 5.60 Å². The summed E-state index contributed by atoms with van der Waals surface area (Å²) in [4.78, 5) is 0. The van der Waals surface area contributed by atoms with Gasteiger partial charge in [0.25, 0.3) is 0 Å². The maximum absolute atomic E-state index is 14.1. The van der Waals surface area contributed by atoms with E-state index in [-0.39, 0.29) is 0 Å². The molecule has 0 saturated heterocycles. The molecule has 0 aliphatic heterocycles. The van der Waals surface area contributed by atoms with Crippen molar-refractivity contribution in [2.24, 2.45) is 0 Å². The third-order valence-corrected chi connectivity index (χ3v) is 3.24. The third-order valence-electron chi connectivity index (χ3n) is 2.86. The van der Waals surface area contributed by atoms with Crippen LogP contribution < -0.4 is 0 Å². The van der Waals surface area contributed by atoms with Crippen molar-refractivity contribution in [1.82, 2.24) is 0 Å². The monoisotopic (exact) mass is 300 g/mol. The zero-order valence-electron chi connectivity index (χ0n) is 10.2. The van der Waals surface area contributed by atoms with Crippen LogP contribution in [0.2, 0.25) is 0 Å². The summed E-state index contributed by atoms with van der Waals surface area (Å²) in [6, 6.07) is 1.75. The predicted octanol–water partition coefficient (Wildman–Crippen LogP) is 2.80. The molecule has 0 radical (unpaired) electrons. The second-order valence-electron chi connectivity index (χ2n) is 4.75. The number of hydrogen-bond acceptors (Lipinski definition) is 2. The summed E-state index contributed by atoms with van der Waals surface area (Å²) < 4.78 is 54.6. The Morgan fingerprint density at radius 3 is 2.05 bits per heavy atom. The Kier molecular flexibility index (Phi) is 4.20. The topological polar surface area (TPSA) is 40.5 Å². The summed E-state index contributed by atoms with van der Waals surface area (Å²) in [6.07, 6.45) is 0. The van der Waals surface area contributed by atoms with Gasteiger partial charge in [0.1, 0.15) is 17.2 Å². The number of halogens is 5. The van der Waals surface area contributed by atoms with Gasteiger partial charge >= 0.3 is 5.92 Å².